The molecule has 7 heteroatoms. The van der Waals surface area contributed by atoms with Gasteiger partial charge in [-0.3, -0.25) is 4.79 Å². The number of anilines is 2. The first-order valence-corrected chi connectivity index (χ1v) is 6.66. The third-order valence-corrected chi connectivity index (χ3v) is 3.46. The van der Waals surface area contributed by atoms with Gasteiger partial charge in [-0.1, -0.05) is 13.0 Å². The van der Waals surface area contributed by atoms with E-state index in [4.69, 9.17) is 0 Å². The van der Waals surface area contributed by atoms with E-state index in [9.17, 15) is 23.1 Å². The predicted molar refractivity (Wildman–Crippen MR) is 73.4 cm³/mol. The summed E-state index contributed by atoms with van der Waals surface area (Å²) in [5.41, 5.74) is 1.27. The summed E-state index contributed by atoms with van der Waals surface area (Å²) in [6, 6.07) is 4.54. The maximum Gasteiger partial charge on any atom is 0.405 e. The van der Waals surface area contributed by atoms with Crippen molar-refractivity contribution in [3.05, 3.63) is 23.8 Å². The van der Waals surface area contributed by atoms with E-state index in [1.165, 1.54) is 35.0 Å². The van der Waals surface area contributed by atoms with Crippen molar-refractivity contribution in [3.8, 4) is 0 Å². The number of amides is 1. The third kappa shape index (κ3) is 3.12. The van der Waals surface area contributed by atoms with Gasteiger partial charge in [-0.2, -0.15) is 13.2 Å². The molecule has 21 heavy (non-hydrogen) atoms. The quantitative estimate of drug-likeness (QED) is 0.929. The van der Waals surface area contributed by atoms with Gasteiger partial charge in [0, 0.05) is 24.8 Å². The Hall–Kier alpha value is -1.76. The van der Waals surface area contributed by atoms with E-state index < -0.39 is 24.7 Å². The van der Waals surface area contributed by atoms with Crippen LogP contribution in [0, 0.1) is 0 Å². The van der Waals surface area contributed by atoms with Crippen LogP contribution >= 0.6 is 0 Å². The average molecular weight is 302 g/mol. The molecule has 0 bridgehead atoms. The van der Waals surface area contributed by atoms with Gasteiger partial charge in [-0.05, 0) is 18.6 Å². The fraction of sp³-hybridized carbons (Fsp3) is 0.500. The van der Waals surface area contributed by atoms with E-state index in [0.29, 0.717) is 23.4 Å². The molecule has 116 valence electrons. The van der Waals surface area contributed by atoms with Crippen LogP contribution in [0.5, 0.6) is 0 Å². The lowest BCUT2D eigenvalue weighted by Gasteiger charge is -2.26. The molecule has 0 aliphatic carbocycles. The van der Waals surface area contributed by atoms with Gasteiger partial charge in [-0.15, -0.1) is 0 Å². The Kier molecular flexibility index (Phi) is 4.13. The SMILES string of the molecule is CCCN(CC(F)(F)F)c1ccc2c(c1)N(C)C(=O)C2O. The van der Waals surface area contributed by atoms with Crippen molar-refractivity contribution in [1.82, 2.24) is 0 Å². The van der Waals surface area contributed by atoms with Crippen molar-refractivity contribution in [2.75, 3.05) is 29.9 Å². The summed E-state index contributed by atoms with van der Waals surface area (Å²) in [6.07, 6.45) is -4.96. The van der Waals surface area contributed by atoms with Crippen LogP contribution in [0.1, 0.15) is 25.0 Å². The van der Waals surface area contributed by atoms with Crippen LogP contribution in [0.3, 0.4) is 0 Å². The second-order valence-electron chi connectivity index (χ2n) is 5.08. The monoisotopic (exact) mass is 302 g/mol. The standard InChI is InChI=1S/C14H17F3N2O2/c1-3-6-19(8-14(15,16)17)9-4-5-10-11(7-9)18(2)13(21)12(10)20/h4-5,7,12,20H,3,6,8H2,1-2H3. The van der Waals surface area contributed by atoms with E-state index in [-0.39, 0.29) is 6.54 Å². The van der Waals surface area contributed by atoms with Crippen molar-refractivity contribution in [2.45, 2.75) is 25.6 Å². The summed E-state index contributed by atoms with van der Waals surface area (Å²) in [6.45, 7) is 1.02. The van der Waals surface area contributed by atoms with E-state index in [2.05, 4.69) is 0 Å². The fourth-order valence-corrected chi connectivity index (χ4v) is 2.47. The summed E-state index contributed by atoms with van der Waals surface area (Å²) in [5.74, 6) is -0.472. The minimum absolute atomic E-state index is 0.262. The van der Waals surface area contributed by atoms with Gasteiger partial charge >= 0.3 is 6.18 Å². The number of hydrogen-bond acceptors (Lipinski definition) is 3. The molecule has 2 rings (SSSR count). The largest absolute Gasteiger partial charge is 0.405 e. The highest BCUT2D eigenvalue weighted by Crippen LogP contribution is 2.37. The Morgan fingerprint density at radius 1 is 1.38 bits per heavy atom. The number of carbonyl (C=O) groups excluding carboxylic acids is 1. The minimum atomic E-state index is -4.30. The molecule has 1 atom stereocenters. The molecule has 1 N–H and O–H groups in total. The second kappa shape index (κ2) is 5.55. The topological polar surface area (TPSA) is 43.8 Å². The second-order valence-corrected chi connectivity index (χ2v) is 5.08. The van der Waals surface area contributed by atoms with Crippen LogP contribution in [-0.2, 0) is 4.79 Å². The predicted octanol–water partition coefficient (Wildman–Crippen LogP) is 2.48. The van der Waals surface area contributed by atoms with E-state index in [0.717, 1.165) is 0 Å². The molecule has 1 aliphatic rings. The van der Waals surface area contributed by atoms with Crippen LogP contribution in [0.2, 0.25) is 0 Å². The van der Waals surface area contributed by atoms with Crippen molar-refractivity contribution in [3.63, 3.8) is 0 Å². The van der Waals surface area contributed by atoms with Gasteiger partial charge in [0.15, 0.2) is 6.10 Å². The van der Waals surface area contributed by atoms with Crippen LogP contribution in [0.15, 0.2) is 18.2 Å². The third-order valence-electron chi connectivity index (χ3n) is 3.46. The minimum Gasteiger partial charge on any atom is -0.378 e. The van der Waals surface area contributed by atoms with Crippen molar-refractivity contribution < 1.29 is 23.1 Å². The fourth-order valence-electron chi connectivity index (χ4n) is 2.47. The molecule has 0 radical (unpaired) electrons. The lowest BCUT2D eigenvalue weighted by Crippen LogP contribution is -2.34. The summed E-state index contributed by atoms with van der Waals surface area (Å²) >= 11 is 0. The van der Waals surface area contributed by atoms with Crippen LogP contribution in [0.25, 0.3) is 0 Å². The van der Waals surface area contributed by atoms with Crippen molar-refractivity contribution in [1.29, 1.82) is 0 Å². The number of alkyl halides is 3. The molecule has 1 aromatic rings. The van der Waals surface area contributed by atoms with Gasteiger partial charge in [0.1, 0.15) is 6.54 Å². The molecular formula is C14H17F3N2O2. The molecule has 0 saturated heterocycles. The molecule has 1 heterocycles. The first-order chi connectivity index (χ1) is 9.74. The number of hydrogen-bond donors (Lipinski definition) is 1. The van der Waals surface area contributed by atoms with Gasteiger partial charge in [0.25, 0.3) is 5.91 Å². The van der Waals surface area contributed by atoms with E-state index in [1.54, 1.807) is 6.92 Å². The number of nitrogens with zero attached hydrogens (tertiary/aromatic N) is 2. The van der Waals surface area contributed by atoms with Gasteiger partial charge in [0.2, 0.25) is 0 Å². The maximum absolute atomic E-state index is 12.6. The summed E-state index contributed by atoms with van der Waals surface area (Å²) in [7, 11) is 1.50. The first-order valence-electron chi connectivity index (χ1n) is 6.66. The number of aliphatic hydroxyl groups excluding tert-OH is 1. The Bertz CT molecular complexity index is 546. The number of aliphatic hydroxyl groups is 1. The molecule has 1 unspecified atom stereocenters. The molecule has 1 aromatic carbocycles. The lowest BCUT2D eigenvalue weighted by atomic mass is 10.1. The summed E-state index contributed by atoms with van der Waals surface area (Å²) < 4.78 is 37.9. The van der Waals surface area contributed by atoms with Crippen LogP contribution in [-0.4, -0.2) is 37.3 Å². The number of rotatable bonds is 4. The Morgan fingerprint density at radius 3 is 2.62 bits per heavy atom. The van der Waals surface area contributed by atoms with E-state index in [1.807, 2.05) is 0 Å². The van der Waals surface area contributed by atoms with Gasteiger partial charge < -0.3 is 14.9 Å². The highest BCUT2D eigenvalue weighted by atomic mass is 19.4. The molecule has 0 fully saturated rings. The average Bonchev–Trinajstić information content (AvgIpc) is 2.62. The zero-order chi connectivity index (χ0) is 15.8. The Morgan fingerprint density at radius 2 is 2.05 bits per heavy atom. The number of halogens is 3. The van der Waals surface area contributed by atoms with Crippen LogP contribution < -0.4 is 9.80 Å². The maximum atomic E-state index is 12.6. The molecule has 0 saturated carbocycles. The van der Waals surface area contributed by atoms with E-state index >= 15 is 0 Å². The highest BCUT2D eigenvalue weighted by molar-refractivity contribution is 6.03. The molecular weight excluding hydrogens is 285 g/mol. The molecule has 0 aromatic heterocycles. The Balaban J connectivity index is 2.34. The molecule has 0 spiro atoms. The first kappa shape index (κ1) is 15.6. The summed E-state index contributed by atoms with van der Waals surface area (Å²) in [4.78, 5) is 14.2. The molecule has 1 aliphatic heterocycles. The zero-order valence-corrected chi connectivity index (χ0v) is 11.8. The summed E-state index contributed by atoms with van der Waals surface area (Å²) in [5, 5.41) is 9.75. The zero-order valence-electron chi connectivity index (χ0n) is 11.8. The smallest absolute Gasteiger partial charge is 0.378 e. The van der Waals surface area contributed by atoms with Crippen LogP contribution in [0.4, 0.5) is 24.5 Å². The number of fused-ring (bicyclic) bond motifs is 1. The highest BCUT2D eigenvalue weighted by Gasteiger charge is 2.35. The number of carbonyl (C=O) groups is 1. The number of likely N-dealkylation sites (N-methyl/N-ethyl adjacent to an activating group) is 1. The normalized spacial score (nSPS) is 18.1. The lowest BCUT2D eigenvalue weighted by molar-refractivity contribution is -0.125. The molecule has 1 amide bonds. The van der Waals surface area contributed by atoms with Crippen molar-refractivity contribution >= 4 is 17.3 Å². The number of benzene rings is 1. The van der Waals surface area contributed by atoms with Gasteiger partial charge in [0.05, 0.1) is 5.69 Å². The van der Waals surface area contributed by atoms with Gasteiger partial charge in [-0.25, -0.2) is 0 Å². The molecule has 4 nitrogen and oxygen atoms in total. The van der Waals surface area contributed by atoms with Crippen molar-refractivity contribution in [2.24, 2.45) is 0 Å². The Labute approximate surface area is 120 Å².